The highest BCUT2D eigenvalue weighted by Crippen LogP contribution is 2.43. The van der Waals surface area contributed by atoms with Crippen molar-refractivity contribution in [2.24, 2.45) is 4.99 Å². The number of hydrogen-bond acceptors (Lipinski definition) is 5. The molecule has 1 atom stereocenters. The van der Waals surface area contributed by atoms with E-state index in [0.29, 0.717) is 19.4 Å². The Bertz CT molecular complexity index is 1250. The Kier molecular flexibility index (Phi) is 8.10. The first-order valence-corrected chi connectivity index (χ1v) is 13.4. The van der Waals surface area contributed by atoms with Crippen molar-refractivity contribution in [2.75, 3.05) is 12.3 Å². The number of rotatable bonds is 5. The minimum absolute atomic E-state index is 0.0563. The number of aliphatic imine (C=N–C) groups is 1. The first kappa shape index (κ1) is 28.0. The summed E-state index contributed by atoms with van der Waals surface area (Å²) in [6, 6.07) is 6.78. The van der Waals surface area contributed by atoms with E-state index in [1.54, 1.807) is 27.7 Å². The van der Waals surface area contributed by atoms with Crippen molar-refractivity contribution in [3.05, 3.63) is 47.0 Å². The van der Waals surface area contributed by atoms with E-state index in [-0.39, 0.29) is 32.5 Å². The van der Waals surface area contributed by atoms with Crippen LogP contribution in [0.15, 0.2) is 46.3 Å². The Morgan fingerprint density at radius 1 is 1.19 bits per heavy atom. The highest BCUT2D eigenvalue weighted by atomic mass is 35.5. The quantitative estimate of drug-likeness (QED) is 0.383. The second-order valence-electron chi connectivity index (χ2n) is 9.51. The van der Waals surface area contributed by atoms with Gasteiger partial charge in [-0.2, -0.15) is 13.2 Å². The molecule has 6 nitrogen and oxygen atoms in total. The number of nitrogens with zero attached hydrogens (tertiary/aromatic N) is 2. The number of sulfone groups is 1. The molecule has 1 aliphatic heterocycles. The largest absolute Gasteiger partial charge is 0.444 e. The Balaban J connectivity index is 1.89. The fourth-order valence-electron chi connectivity index (χ4n) is 4.08. The lowest BCUT2D eigenvalue weighted by Gasteiger charge is -2.28. The van der Waals surface area contributed by atoms with Crippen LogP contribution in [-0.4, -0.2) is 49.6 Å². The third kappa shape index (κ3) is 6.59. The molecule has 3 rings (SSSR count). The van der Waals surface area contributed by atoms with Crippen LogP contribution in [0.5, 0.6) is 0 Å². The van der Waals surface area contributed by atoms with Gasteiger partial charge in [-0.3, -0.25) is 4.99 Å². The maximum absolute atomic E-state index is 13.8. The molecule has 0 N–H and O–H groups in total. The van der Waals surface area contributed by atoms with E-state index < -0.39 is 39.3 Å². The summed E-state index contributed by atoms with van der Waals surface area (Å²) in [7, 11) is -3.84. The molecule has 0 radical (unpaired) electrons. The average molecular weight is 545 g/mol. The van der Waals surface area contributed by atoms with Crippen molar-refractivity contribution in [3.8, 4) is 11.1 Å². The molecular weight excluding hydrogens is 517 g/mol. The summed E-state index contributed by atoms with van der Waals surface area (Å²) < 4.78 is 72.9. The summed E-state index contributed by atoms with van der Waals surface area (Å²) in [5.74, 6) is -0.316. The van der Waals surface area contributed by atoms with Crippen LogP contribution < -0.4 is 0 Å². The molecular formula is C25H28ClF3N2O4S. The lowest BCUT2D eigenvalue weighted by atomic mass is 9.98. The van der Waals surface area contributed by atoms with Crippen molar-refractivity contribution in [1.82, 2.24) is 4.90 Å². The second kappa shape index (κ2) is 10.4. The predicted octanol–water partition coefficient (Wildman–Crippen LogP) is 6.92. The summed E-state index contributed by atoms with van der Waals surface area (Å²) in [4.78, 5) is 17.8. The Morgan fingerprint density at radius 3 is 2.39 bits per heavy atom. The van der Waals surface area contributed by atoms with E-state index in [1.807, 2.05) is 0 Å². The fourth-order valence-corrected chi connectivity index (χ4v) is 6.00. The number of carbonyl (C=O) groups excluding carboxylic acids is 1. The third-order valence-corrected chi connectivity index (χ3v) is 7.69. The van der Waals surface area contributed by atoms with Crippen molar-refractivity contribution >= 4 is 39.4 Å². The van der Waals surface area contributed by atoms with E-state index >= 15 is 0 Å². The summed E-state index contributed by atoms with van der Waals surface area (Å²) in [5.41, 5.74) is -1.75. The number of alkyl halides is 3. The Labute approximate surface area is 214 Å². The van der Waals surface area contributed by atoms with E-state index in [9.17, 15) is 26.4 Å². The lowest BCUT2D eigenvalue weighted by molar-refractivity contribution is -0.137. The van der Waals surface area contributed by atoms with Gasteiger partial charge in [0, 0.05) is 24.4 Å². The van der Waals surface area contributed by atoms with Gasteiger partial charge in [-0.1, -0.05) is 23.7 Å². The van der Waals surface area contributed by atoms with Crippen molar-refractivity contribution in [3.63, 3.8) is 0 Å². The molecule has 0 aromatic heterocycles. The van der Waals surface area contributed by atoms with Gasteiger partial charge >= 0.3 is 12.3 Å². The van der Waals surface area contributed by atoms with Gasteiger partial charge in [0.2, 0.25) is 0 Å². The van der Waals surface area contributed by atoms with Crippen LogP contribution in [0.2, 0.25) is 5.02 Å². The molecule has 1 fully saturated rings. The van der Waals surface area contributed by atoms with Crippen LogP contribution in [-0.2, 0) is 20.8 Å². The zero-order valence-electron chi connectivity index (χ0n) is 20.4. The number of ether oxygens (including phenoxy) is 1. The number of halogens is 4. The summed E-state index contributed by atoms with van der Waals surface area (Å²) >= 11 is 6.20. The fraction of sp³-hybridized carbons (Fsp3) is 0.440. The first-order chi connectivity index (χ1) is 16.6. The van der Waals surface area contributed by atoms with E-state index in [1.165, 1.54) is 41.4 Å². The SMILES string of the molecule is C/C=N\c1cc(Cl)c(-c2ccc(S(=O)(=O)C[C@@H]3CCCN3C(=O)OC(C)(C)C)cc2)c(C(F)(F)F)c1. The molecule has 196 valence electrons. The zero-order chi connectivity index (χ0) is 26.9. The summed E-state index contributed by atoms with van der Waals surface area (Å²) in [6.45, 7) is 7.16. The topological polar surface area (TPSA) is 76.0 Å². The van der Waals surface area contributed by atoms with Gasteiger partial charge < -0.3 is 9.64 Å². The Hall–Kier alpha value is -2.59. The molecule has 1 saturated heterocycles. The summed E-state index contributed by atoms with van der Waals surface area (Å²) in [6.07, 6.45) is -2.75. The average Bonchev–Trinajstić information content (AvgIpc) is 3.19. The van der Waals surface area contributed by atoms with Crippen molar-refractivity contribution < 1.29 is 31.1 Å². The van der Waals surface area contributed by atoms with E-state index in [4.69, 9.17) is 16.3 Å². The molecule has 0 saturated carbocycles. The van der Waals surface area contributed by atoms with Gasteiger partial charge in [-0.05, 0) is 70.4 Å². The number of carbonyl (C=O) groups is 1. The van der Waals surface area contributed by atoms with Gasteiger partial charge in [-0.25, -0.2) is 13.2 Å². The number of hydrogen-bond donors (Lipinski definition) is 0. The van der Waals surface area contributed by atoms with Gasteiger partial charge in [-0.15, -0.1) is 0 Å². The van der Waals surface area contributed by atoms with Gasteiger partial charge in [0.25, 0.3) is 0 Å². The molecule has 1 aliphatic rings. The predicted molar refractivity (Wildman–Crippen MR) is 134 cm³/mol. The van der Waals surface area contributed by atoms with Gasteiger partial charge in [0.15, 0.2) is 9.84 Å². The minimum Gasteiger partial charge on any atom is -0.444 e. The van der Waals surface area contributed by atoms with Crippen LogP contribution in [0.3, 0.4) is 0 Å². The monoisotopic (exact) mass is 544 g/mol. The molecule has 11 heteroatoms. The molecule has 2 aromatic carbocycles. The van der Waals surface area contributed by atoms with Crippen LogP contribution >= 0.6 is 11.6 Å². The minimum atomic E-state index is -4.70. The van der Waals surface area contributed by atoms with Gasteiger partial charge in [0.05, 0.1) is 26.9 Å². The van der Waals surface area contributed by atoms with Crippen LogP contribution in [0.1, 0.15) is 46.1 Å². The van der Waals surface area contributed by atoms with Crippen LogP contribution in [0, 0.1) is 0 Å². The number of likely N-dealkylation sites (tertiary alicyclic amines) is 1. The highest BCUT2D eigenvalue weighted by molar-refractivity contribution is 7.91. The maximum Gasteiger partial charge on any atom is 0.417 e. The molecule has 0 spiro atoms. The Morgan fingerprint density at radius 2 is 1.83 bits per heavy atom. The zero-order valence-corrected chi connectivity index (χ0v) is 22.0. The molecule has 0 unspecified atom stereocenters. The van der Waals surface area contributed by atoms with E-state index in [2.05, 4.69) is 4.99 Å². The molecule has 2 aromatic rings. The van der Waals surface area contributed by atoms with E-state index in [0.717, 1.165) is 6.07 Å². The molecule has 0 bridgehead atoms. The van der Waals surface area contributed by atoms with Crippen LogP contribution in [0.4, 0.5) is 23.7 Å². The van der Waals surface area contributed by atoms with Crippen molar-refractivity contribution in [1.29, 1.82) is 0 Å². The smallest absolute Gasteiger partial charge is 0.417 e. The normalized spacial score (nSPS) is 17.1. The highest BCUT2D eigenvalue weighted by Gasteiger charge is 2.37. The third-order valence-electron chi connectivity index (χ3n) is 5.58. The lowest BCUT2D eigenvalue weighted by Crippen LogP contribution is -2.42. The maximum atomic E-state index is 13.8. The molecule has 0 aliphatic carbocycles. The van der Waals surface area contributed by atoms with Gasteiger partial charge in [0.1, 0.15) is 5.60 Å². The number of benzene rings is 2. The first-order valence-electron chi connectivity index (χ1n) is 11.3. The molecule has 1 heterocycles. The number of amides is 1. The second-order valence-corrected chi connectivity index (χ2v) is 12.0. The molecule has 36 heavy (non-hydrogen) atoms. The van der Waals surface area contributed by atoms with Crippen molar-refractivity contribution in [2.45, 2.75) is 63.3 Å². The van der Waals surface area contributed by atoms with Crippen LogP contribution in [0.25, 0.3) is 11.1 Å². The summed E-state index contributed by atoms with van der Waals surface area (Å²) in [5, 5.41) is -0.153. The molecule has 1 amide bonds. The standard InChI is InChI=1S/C25H28ClF3N2O4S/c1-5-30-17-13-20(25(27,28)29)22(21(26)14-17)16-8-10-19(11-9-16)36(33,34)15-18-7-6-12-31(18)23(32)35-24(2,3)4/h5,8-11,13-14,18H,6-7,12,15H2,1-4H3/b30-5-/t18-/m0/s1.